The van der Waals surface area contributed by atoms with Crippen molar-refractivity contribution in [1.29, 1.82) is 0 Å². The number of anilines is 2. The van der Waals surface area contributed by atoms with Gasteiger partial charge in [-0.1, -0.05) is 19.9 Å². The van der Waals surface area contributed by atoms with Gasteiger partial charge in [0.1, 0.15) is 5.82 Å². The molecule has 152 valence electrons. The van der Waals surface area contributed by atoms with Crippen molar-refractivity contribution >= 4 is 21.6 Å². The minimum atomic E-state index is -3.43. The fourth-order valence-corrected chi connectivity index (χ4v) is 5.28. The van der Waals surface area contributed by atoms with Gasteiger partial charge in [-0.25, -0.2) is 4.39 Å². The van der Waals surface area contributed by atoms with Crippen LogP contribution >= 0.6 is 0 Å². The molecule has 1 aliphatic heterocycles. The predicted molar refractivity (Wildman–Crippen MR) is 109 cm³/mol. The van der Waals surface area contributed by atoms with Crippen molar-refractivity contribution in [2.24, 2.45) is 0 Å². The van der Waals surface area contributed by atoms with Crippen LogP contribution in [0.3, 0.4) is 0 Å². The first kappa shape index (κ1) is 20.7. The number of aryl methyl sites for hydroxylation is 1. The maximum atomic E-state index is 13.4. The molecule has 2 aromatic rings. The lowest BCUT2D eigenvalue weighted by atomic mass is 10.0. The number of nitrogens with zero attached hydrogens (tertiary/aromatic N) is 3. The van der Waals surface area contributed by atoms with E-state index in [1.807, 2.05) is 32.9 Å². The molecular weight excluding hydrogens is 379 g/mol. The van der Waals surface area contributed by atoms with Crippen LogP contribution in [0.25, 0.3) is 0 Å². The van der Waals surface area contributed by atoms with Gasteiger partial charge in [-0.2, -0.15) is 17.0 Å². The molecule has 0 bridgehead atoms. The fourth-order valence-electron chi connectivity index (χ4n) is 3.60. The molecule has 1 saturated heterocycles. The topological polar surface area (TPSA) is 65.5 Å². The Morgan fingerprint density at radius 2 is 1.96 bits per heavy atom. The third kappa shape index (κ3) is 4.51. The fraction of sp³-hybridized carbons (Fsp3) is 0.450. The van der Waals surface area contributed by atoms with E-state index in [4.69, 9.17) is 0 Å². The van der Waals surface area contributed by atoms with Gasteiger partial charge in [-0.05, 0) is 43.7 Å². The second-order valence-electron chi connectivity index (χ2n) is 6.99. The predicted octanol–water partition coefficient (Wildman–Crippen LogP) is 3.65. The average Bonchev–Trinajstić information content (AvgIpc) is 3.13. The first-order chi connectivity index (χ1) is 13.3. The molecule has 1 aromatic carbocycles. The normalized spacial score (nSPS) is 18.0. The van der Waals surface area contributed by atoms with E-state index in [1.54, 1.807) is 16.4 Å². The van der Waals surface area contributed by atoms with Gasteiger partial charge in [0.2, 0.25) is 0 Å². The van der Waals surface area contributed by atoms with Gasteiger partial charge in [0.05, 0.1) is 0 Å². The van der Waals surface area contributed by atoms with Crippen LogP contribution in [0.2, 0.25) is 0 Å². The van der Waals surface area contributed by atoms with Crippen LogP contribution in [0.4, 0.5) is 15.8 Å². The standard InChI is InChI=1S/C20H27FN4O2S/c1-4-24(5-2)28(26,27)25-10-9-16(14-25)20-13-19(11-15(3)22-20)23-18-8-6-7-17(21)12-18/h6-8,11-13,16H,4-5,9-10,14H2,1-3H3,(H,22,23). The van der Waals surface area contributed by atoms with E-state index in [2.05, 4.69) is 10.3 Å². The largest absolute Gasteiger partial charge is 0.355 e. The molecule has 0 amide bonds. The molecule has 0 spiro atoms. The van der Waals surface area contributed by atoms with Gasteiger partial charge >= 0.3 is 0 Å². The number of pyridine rings is 1. The van der Waals surface area contributed by atoms with E-state index in [1.165, 1.54) is 16.4 Å². The molecule has 1 fully saturated rings. The van der Waals surface area contributed by atoms with Crippen LogP contribution in [0.1, 0.15) is 37.6 Å². The first-order valence-electron chi connectivity index (χ1n) is 9.60. The second kappa shape index (κ2) is 8.55. The summed E-state index contributed by atoms with van der Waals surface area (Å²) in [5.74, 6) is -0.262. The van der Waals surface area contributed by atoms with Crippen molar-refractivity contribution in [3.8, 4) is 0 Å². The quantitative estimate of drug-likeness (QED) is 0.762. The lowest BCUT2D eigenvalue weighted by Crippen LogP contribution is -2.42. The molecule has 6 nitrogen and oxygen atoms in total. The maximum absolute atomic E-state index is 13.4. The number of benzene rings is 1. The van der Waals surface area contributed by atoms with E-state index in [0.717, 1.165) is 23.5 Å². The van der Waals surface area contributed by atoms with Gasteiger partial charge in [-0.3, -0.25) is 4.98 Å². The van der Waals surface area contributed by atoms with Crippen molar-refractivity contribution < 1.29 is 12.8 Å². The number of hydrogen-bond acceptors (Lipinski definition) is 4. The minimum Gasteiger partial charge on any atom is -0.355 e. The summed E-state index contributed by atoms with van der Waals surface area (Å²) in [6, 6.07) is 10.1. The summed E-state index contributed by atoms with van der Waals surface area (Å²) < 4.78 is 42.0. The monoisotopic (exact) mass is 406 g/mol. The molecule has 1 atom stereocenters. The summed E-state index contributed by atoms with van der Waals surface area (Å²) in [5.41, 5.74) is 3.17. The highest BCUT2D eigenvalue weighted by atomic mass is 32.2. The smallest absolute Gasteiger partial charge is 0.281 e. The number of nitrogens with one attached hydrogen (secondary N) is 1. The Morgan fingerprint density at radius 1 is 1.21 bits per heavy atom. The van der Waals surface area contributed by atoms with Crippen LogP contribution in [-0.2, 0) is 10.2 Å². The molecule has 3 rings (SSSR count). The zero-order chi connectivity index (χ0) is 20.3. The third-order valence-corrected chi connectivity index (χ3v) is 7.17. The Hall–Kier alpha value is -2.03. The van der Waals surface area contributed by atoms with Crippen molar-refractivity contribution in [3.63, 3.8) is 0 Å². The van der Waals surface area contributed by atoms with Crippen LogP contribution in [0.5, 0.6) is 0 Å². The summed E-state index contributed by atoms with van der Waals surface area (Å²) >= 11 is 0. The van der Waals surface area contributed by atoms with E-state index < -0.39 is 10.2 Å². The van der Waals surface area contributed by atoms with E-state index in [0.29, 0.717) is 31.9 Å². The van der Waals surface area contributed by atoms with E-state index in [-0.39, 0.29) is 11.7 Å². The maximum Gasteiger partial charge on any atom is 0.281 e. The SMILES string of the molecule is CCN(CC)S(=O)(=O)N1CCC(c2cc(Nc3cccc(F)c3)cc(C)n2)C1. The van der Waals surface area contributed by atoms with Crippen molar-refractivity contribution in [1.82, 2.24) is 13.6 Å². The summed E-state index contributed by atoms with van der Waals surface area (Å²) in [7, 11) is -3.43. The molecule has 28 heavy (non-hydrogen) atoms. The molecule has 0 aliphatic carbocycles. The summed E-state index contributed by atoms with van der Waals surface area (Å²) in [6.07, 6.45) is 0.732. The highest BCUT2D eigenvalue weighted by Crippen LogP contribution is 2.31. The Bertz CT molecular complexity index is 932. The Kier molecular flexibility index (Phi) is 6.32. The summed E-state index contributed by atoms with van der Waals surface area (Å²) in [6.45, 7) is 7.44. The lowest BCUT2D eigenvalue weighted by molar-refractivity contribution is 0.377. The van der Waals surface area contributed by atoms with Gasteiger partial charge in [0, 0.05) is 54.9 Å². The van der Waals surface area contributed by atoms with Crippen molar-refractivity contribution in [2.45, 2.75) is 33.1 Å². The molecule has 1 unspecified atom stereocenters. The minimum absolute atomic E-state index is 0.0401. The van der Waals surface area contributed by atoms with Gasteiger partial charge in [0.15, 0.2) is 0 Å². The zero-order valence-electron chi connectivity index (χ0n) is 16.5. The van der Waals surface area contributed by atoms with Gasteiger partial charge in [0.25, 0.3) is 10.2 Å². The average molecular weight is 407 g/mol. The van der Waals surface area contributed by atoms with Crippen LogP contribution < -0.4 is 5.32 Å². The lowest BCUT2D eigenvalue weighted by Gasteiger charge is -2.25. The Balaban J connectivity index is 1.78. The molecule has 0 radical (unpaired) electrons. The molecule has 1 aliphatic rings. The molecule has 1 aromatic heterocycles. The zero-order valence-corrected chi connectivity index (χ0v) is 17.3. The number of hydrogen-bond donors (Lipinski definition) is 1. The Labute approximate surface area is 166 Å². The third-order valence-electron chi connectivity index (χ3n) is 5.01. The van der Waals surface area contributed by atoms with Crippen LogP contribution in [0.15, 0.2) is 36.4 Å². The molecular formula is C20H27FN4O2S. The number of halogens is 1. The first-order valence-corrected chi connectivity index (χ1v) is 11.0. The van der Waals surface area contributed by atoms with Crippen molar-refractivity contribution in [3.05, 3.63) is 53.6 Å². The van der Waals surface area contributed by atoms with Gasteiger partial charge in [-0.15, -0.1) is 0 Å². The van der Waals surface area contributed by atoms with E-state index >= 15 is 0 Å². The number of rotatable bonds is 7. The molecule has 0 saturated carbocycles. The van der Waals surface area contributed by atoms with Gasteiger partial charge < -0.3 is 5.32 Å². The van der Waals surface area contributed by atoms with Crippen molar-refractivity contribution in [2.75, 3.05) is 31.5 Å². The van der Waals surface area contributed by atoms with Crippen LogP contribution in [0, 0.1) is 12.7 Å². The highest BCUT2D eigenvalue weighted by Gasteiger charge is 2.35. The second-order valence-corrected chi connectivity index (χ2v) is 8.92. The summed E-state index contributed by atoms with van der Waals surface area (Å²) in [4.78, 5) is 4.63. The molecule has 1 N–H and O–H groups in total. The number of aromatic nitrogens is 1. The molecule has 2 heterocycles. The summed E-state index contributed by atoms with van der Waals surface area (Å²) in [5, 5.41) is 3.21. The highest BCUT2D eigenvalue weighted by molar-refractivity contribution is 7.86. The van der Waals surface area contributed by atoms with E-state index in [9.17, 15) is 12.8 Å². The Morgan fingerprint density at radius 3 is 2.64 bits per heavy atom. The van der Waals surface area contributed by atoms with Crippen LogP contribution in [-0.4, -0.2) is 48.2 Å². The molecule has 8 heteroatoms.